The van der Waals surface area contributed by atoms with Gasteiger partial charge in [-0.2, -0.15) is 0 Å². The van der Waals surface area contributed by atoms with Gasteiger partial charge in [-0.1, -0.05) is 6.07 Å². The van der Waals surface area contributed by atoms with Crippen molar-refractivity contribution in [2.45, 2.75) is 80.9 Å². The van der Waals surface area contributed by atoms with E-state index in [9.17, 15) is 45.6 Å². The first-order valence-corrected chi connectivity index (χ1v) is 13.5. The van der Waals surface area contributed by atoms with Gasteiger partial charge in [0.1, 0.15) is 71.6 Å². The highest BCUT2D eigenvalue weighted by Gasteiger charge is 2.47. The van der Waals surface area contributed by atoms with Gasteiger partial charge in [0.05, 0.1) is 26.2 Å². The normalized spacial score (nSPS) is 36.0. The first-order valence-electron chi connectivity index (χ1n) is 13.5. The van der Waals surface area contributed by atoms with Gasteiger partial charge in [-0.05, 0) is 24.6 Å². The summed E-state index contributed by atoms with van der Waals surface area (Å²) >= 11 is 0. The molecule has 11 atom stereocenters. The number of hydrogen-bond donors (Lipinski definition) is 8. The monoisotopic (exact) mass is 610 g/mol. The van der Waals surface area contributed by atoms with Gasteiger partial charge in [0.2, 0.25) is 6.29 Å². The summed E-state index contributed by atoms with van der Waals surface area (Å²) in [5.41, 5.74) is 0.373. The highest BCUT2D eigenvalue weighted by atomic mass is 16.7. The van der Waals surface area contributed by atoms with Crippen molar-refractivity contribution in [3.05, 3.63) is 41.5 Å². The maximum absolute atomic E-state index is 12.9. The SMILES string of the molecule is COc1ccc([C@@H]2CC(=O)c3c(O)cc(O[C@@H]4O[C@H](CO[C@@H]5O[C@H](C)[C@H](O)[C@@H](O)[C@@H]5O)[C@@H](O)[C@H](O)[C@@H]4O)cc3O2)cc1O. The van der Waals surface area contributed by atoms with E-state index in [0.29, 0.717) is 5.56 Å². The van der Waals surface area contributed by atoms with Gasteiger partial charge >= 0.3 is 0 Å². The molecule has 2 aromatic rings. The van der Waals surface area contributed by atoms with Crippen LogP contribution in [0.5, 0.6) is 28.7 Å². The first-order chi connectivity index (χ1) is 20.4. The summed E-state index contributed by atoms with van der Waals surface area (Å²) in [5, 5.41) is 82.2. The predicted octanol–water partition coefficient (Wildman–Crippen LogP) is -1.16. The fourth-order valence-corrected chi connectivity index (χ4v) is 5.20. The van der Waals surface area contributed by atoms with Crippen LogP contribution in [0.15, 0.2) is 30.3 Å². The Bertz CT molecular complexity index is 1320. The Morgan fingerprint density at radius 1 is 0.837 bits per heavy atom. The van der Waals surface area contributed by atoms with Crippen molar-refractivity contribution in [1.29, 1.82) is 0 Å². The summed E-state index contributed by atoms with van der Waals surface area (Å²) in [7, 11) is 1.39. The van der Waals surface area contributed by atoms with E-state index in [0.717, 1.165) is 6.07 Å². The van der Waals surface area contributed by atoms with E-state index in [4.69, 9.17) is 28.4 Å². The van der Waals surface area contributed by atoms with E-state index in [2.05, 4.69) is 0 Å². The zero-order valence-electron chi connectivity index (χ0n) is 23.1. The Labute approximate surface area is 245 Å². The smallest absolute Gasteiger partial charge is 0.229 e. The number of aliphatic hydroxyl groups is 6. The quantitative estimate of drug-likeness (QED) is 0.185. The molecular weight excluding hydrogens is 576 g/mol. The van der Waals surface area contributed by atoms with Crippen molar-refractivity contribution >= 4 is 5.78 Å². The van der Waals surface area contributed by atoms with Gasteiger partial charge in [0.15, 0.2) is 23.6 Å². The highest BCUT2D eigenvalue weighted by molar-refractivity contribution is 6.02. The van der Waals surface area contributed by atoms with Crippen LogP contribution in [0.25, 0.3) is 0 Å². The van der Waals surface area contributed by atoms with Crippen molar-refractivity contribution < 1.29 is 74.1 Å². The summed E-state index contributed by atoms with van der Waals surface area (Å²) < 4.78 is 33.1. The topological polar surface area (TPSA) is 234 Å². The number of aliphatic hydroxyl groups excluding tert-OH is 6. The van der Waals surface area contributed by atoms with Crippen molar-refractivity contribution in [2.75, 3.05) is 13.7 Å². The molecule has 2 saturated heterocycles. The molecule has 15 nitrogen and oxygen atoms in total. The molecule has 5 rings (SSSR count). The third kappa shape index (κ3) is 6.08. The number of methoxy groups -OCH3 is 1. The Kier molecular flexibility index (Phi) is 8.99. The van der Waals surface area contributed by atoms with Crippen LogP contribution in [0.4, 0.5) is 0 Å². The average Bonchev–Trinajstić information content (AvgIpc) is 2.97. The zero-order chi connectivity index (χ0) is 31.2. The third-order valence-electron chi connectivity index (χ3n) is 7.70. The van der Waals surface area contributed by atoms with Crippen LogP contribution in [-0.2, 0) is 14.2 Å². The number of ketones is 1. The minimum Gasteiger partial charge on any atom is -0.507 e. The van der Waals surface area contributed by atoms with Crippen LogP contribution in [0.3, 0.4) is 0 Å². The average molecular weight is 611 g/mol. The molecule has 0 amide bonds. The minimum absolute atomic E-state index is 0.0457. The lowest BCUT2D eigenvalue weighted by Gasteiger charge is -2.42. The standard InChI is InChI=1S/C28H34O15/c1-10-21(32)23(34)25(36)27(40-10)39-9-19-22(33)24(35)26(37)28(43-19)41-12-6-14(30)20-15(31)8-17(42-18(20)7-12)11-3-4-16(38-2)13(29)5-11/h3-7,10,17,19,21-30,32-37H,8-9H2,1-2H3/t10-,17+,19-,21+,22-,23-,24+,25+,26+,27-,28-/m1/s1. The van der Waals surface area contributed by atoms with Gasteiger partial charge in [0.25, 0.3) is 0 Å². The number of carbonyl (C=O) groups is 1. The Balaban J connectivity index is 1.30. The lowest BCUT2D eigenvalue weighted by Crippen LogP contribution is -2.61. The number of benzene rings is 2. The molecule has 0 aromatic heterocycles. The molecule has 15 heteroatoms. The number of phenolic OH excluding ortho intramolecular Hbond substituents is 2. The van der Waals surface area contributed by atoms with Crippen LogP contribution in [0.1, 0.15) is 35.4 Å². The number of phenols is 2. The summed E-state index contributed by atoms with van der Waals surface area (Å²) in [5.74, 6) is -0.999. The summed E-state index contributed by atoms with van der Waals surface area (Å²) in [6.07, 6.45) is -15.9. The molecule has 2 fully saturated rings. The molecule has 0 saturated carbocycles. The Hall–Kier alpha value is -3.25. The summed E-state index contributed by atoms with van der Waals surface area (Å²) in [6, 6.07) is 6.90. The van der Waals surface area contributed by atoms with Crippen molar-refractivity contribution in [3.63, 3.8) is 0 Å². The first kappa shape index (κ1) is 31.2. The molecule has 0 aliphatic carbocycles. The van der Waals surface area contributed by atoms with Crippen LogP contribution in [-0.4, -0.2) is 122 Å². The molecule has 2 aromatic carbocycles. The second-order valence-electron chi connectivity index (χ2n) is 10.6. The second kappa shape index (κ2) is 12.4. The fraction of sp³-hybridized carbons (Fsp3) is 0.536. The molecule has 3 heterocycles. The van der Waals surface area contributed by atoms with E-state index in [1.807, 2.05) is 0 Å². The number of Topliss-reactive ketones (excluding diaryl/α,β-unsaturated/α-hetero) is 1. The van der Waals surface area contributed by atoms with Crippen LogP contribution in [0.2, 0.25) is 0 Å². The number of fused-ring (bicyclic) bond motifs is 1. The van der Waals surface area contributed by atoms with E-state index in [1.165, 1.54) is 32.2 Å². The molecule has 0 spiro atoms. The van der Waals surface area contributed by atoms with Gasteiger partial charge in [0, 0.05) is 12.1 Å². The number of carbonyl (C=O) groups excluding carboxylic acids is 1. The van der Waals surface area contributed by atoms with Crippen LogP contribution in [0, 0.1) is 0 Å². The third-order valence-corrected chi connectivity index (χ3v) is 7.70. The summed E-state index contributed by atoms with van der Waals surface area (Å²) in [6.45, 7) is 0.964. The maximum atomic E-state index is 12.9. The molecule has 3 aliphatic rings. The minimum atomic E-state index is -1.77. The van der Waals surface area contributed by atoms with Gasteiger partial charge < -0.3 is 69.3 Å². The molecule has 236 valence electrons. The van der Waals surface area contributed by atoms with Crippen molar-refractivity contribution in [2.24, 2.45) is 0 Å². The van der Waals surface area contributed by atoms with Gasteiger partial charge in [-0.3, -0.25) is 4.79 Å². The highest BCUT2D eigenvalue weighted by Crippen LogP contribution is 2.43. The molecule has 0 unspecified atom stereocenters. The lowest BCUT2D eigenvalue weighted by atomic mass is 9.95. The predicted molar refractivity (Wildman–Crippen MR) is 141 cm³/mol. The van der Waals surface area contributed by atoms with Crippen LogP contribution < -0.4 is 14.2 Å². The van der Waals surface area contributed by atoms with Gasteiger partial charge in [-0.25, -0.2) is 0 Å². The van der Waals surface area contributed by atoms with Crippen molar-refractivity contribution in [3.8, 4) is 28.7 Å². The summed E-state index contributed by atoms with van der Waals surface area (Å²) in [4.78, 5) is 12.9. The Morgan fingerprint density at radius 3 is 2.23 bits per heavy atom. The fourth-order valence-electron chi connectivity index (χ4n) is 5.20. The van der Waals surface area contributed by atoms with E-state index in [1.54, 1.807) is 6.07 Å². The largest absolute Gasteiger partial charge is 0.507 e. The van der Waals surface area contributed by atoms with Gasteiger partial charge in [-0.15, -0.1) is 0 Å². The number of ether oxygens (including phenoxy) is 6. The number of hydrogen-bond acceptors (Lipinski definition) is 15. The van der Waals surface area contributed by atoms with Crippen molar-refractivity contribution in [1.82, 2.24) is 0 Å². The van der Waals surface area contributed by atoms with E-state index in [-0.39, 0.29) is 35.0 Å². The van der Waals surface area contributed by atoms with Crippen LogP contribution >= 0.6 is 0 Å². The zero-order valence-corrected chi connectivity index (χ0v) is 23.1. The maximum Gasteiger partial charge on any atom is 0.229 e. The number of aromatic hydroxyl groups is 2. The Morgan fingerprint density at radius 2 is 1.53 bits per heavy atom. The lowest BCUT2D eigenvalue weighted by molar-refractivity contribution is -0.318. The molecule has 0 radical (unpaired) electrons. The number of rotatable bonds is 7. The molecular formula is C28H34O15. The van der Waals surface area contributed by atoms with E-state index >= 15 is 0 Å². The van der Waals surface area contributed by atoms with E-state index < -0.39 is 85.7 Å². The second-order valence-corrected chi connectivity index (χ2v) is 10.6. The molecule has 43 heavy (non-hydrogen) atoms. The molecule has 8 N–H and O–H groups in total. The molecule has 3 aliphatic heterocycles. The molecule has 0 bridgehead atoms.